The molecule has 0 unspecified atom stereocenters. The normalized spacial score (nSPS) is 11.5. The highest BCUT2D eigenvalue weighted by molar-refractivity contribution is 5.74. The van der Waals surface area contributed by atoms with Crippen molar-refractivity contribution >= 4 is 0 Å². The van der Waals surface area contributed by atoms with Crippen molar-refractivity contribution in [3.05, 3.63) is 138 Å². The van der Waals surface area contributed by atoms with Crippen LogP contribution in [0.25, 0.3) is 33.4 Å². The minimum atomic E-state index is -4.14. The second kappa shape index (κ2) is 12.8. The van der Waals surface area contributed by atoms with Gasteiger partial charge in [-0.2, -0.15) is 8.78 Å². The number of halogens is 6. The van der Waals surface area contributed by atoms with Gasteiger partial charge in [-0.1, -0.05) is 86.5 Å². The molecule has 0 aliphatic heterocycles. The summed E-state index contributed by atoms with van der Waals surface area (Å²) in [6.45, 7) is 2.17. The fourth-order valence-corrected chi connectivity index (χ4v) is 4.89. The van der Waals surface area contributed by atoms with E-state index in [1.165, 1.54) is 30.5 Å². The van der Waals surface area contributed by atoms with E-state index >= 15 is 4.39 Å². The average Bonchev–Trinajstić information content (AvgIpc) is 2.99. The van der Waals surface area contributed by atoms with Crippen LogP contribution in [0.4, 0.5) is 26.3 Å². The van der Waals surface area contributed by atoms with Gasteiger partial charge < -0.3 is 4.74 Å². The quantitative estimate of drug-likeness (QED) is 0.116. The van der Waals surface area contributed by atoms with Crippen LogP contribution in [0.3, 0.4) is 0 Å². The molecule has 0 N–H and O–H groups in total. The summed E-state index contributed by atoms with van der Waals surface area (Å²) in [5, 5.41) is 0. The van der Waals surface area contributed by atoms with E-state index in [1.807, 2.05) is 18.2 Å². The third kappa shape index (κ3) is 6.94. The van der Waals surface area contributed by atoms with Gasteiger partial charge in [0.1, 0.15) is 17.4 Å². The Morgan fingerprint density at radius 3 is 1.72 bits per heavy atom. The lowest BCUT2D eigenvalue weighted by Crippen LogP contribution is -2.23. The van der Waals surface area contributed by atoms with Crippen LogP contribution in [0.2, 0.25) is 0 Å². The van der Waals surface area contributed by atoms with Crippen molar-refractivity contribution in [1.29, 1.82) is 0 Å². The number of aryl methyl sites for hydroxylation is 1. The van der Waals surface area contributed by atoms with E-state index in [0.29, 0.717) is 34.4 Å². The van der Waals surface area contributed by atoms with Gasteiger partial charge in [-0.05, 0) is 76.6 Å². The maximum atomic E-state index is 15.2. The molecule has 0 saturated heterocycles. The van der Waals surface area contributed by atoms with Gasteiger partial charge in [0.2, 0.25) is 0 Å². The molecule has 0 aliphatic rings. The van der Waals surface area contributed by atoms with Gasteiger partial charge in [0.15, 0.2) is 11.6 Å². The highest BCUT2D eigenvalue weighted by Crippen LogP contribution is 2.36. The van der Waals surface area contributed by atoms with Gasteiger partial charge in [0.05, 0.1) is 5.56 Å². The van der Waals surface area contributed by atoms with Gasteiger partial charge in [-0.25, -0.2) is 17.6 Å². The van der Waals surface area contributed by atoms with E-state index < -0.39 is 40.7 Å². The minimum absolute atomic E-state index is 0.311. The Morgan fingerprint density at radius 2 is 1.12 bits per heavy atom. The van der Waals surface area contributed by atoms with E-state index in [9.17, 15) is 22.0 Å². The molecule has 43 heavy (non-hydrogen) atoms. The number of unbranched alkanes of at least 4 members (excludes halogenated alkanes) is 2. The third-order valence-corrected chi connectivity index (χ3v) is 7.27. The summed E-state index contributed by atoms with van der Waals surface area (Å²) < 4.78 is 90.2. The van der Waals surface area contributed by atoms with Crippen LogP contribution in [-0.2, 0) is 12.5 Å². The molecule has 0 aromatic heterocycles. The molecule has 0 fully saturated rings. The predicted molar refractivity (Wildman–Crippen MR) is 157 cm³/mol. The molecular formula is C36H28F6O. The number of hydrogen-bond acceptors (Lipinski definition) is 1. The lowest BCUT2D eigenvalue weighted by Gasteiger charge is -2.19. The molecule has 0 atom stereocenters. The summed E-state index contributed by atoms with van der Waals surface area (Å²) >= 11 is 0. The number of rotatable bonds is 10. The fourth-order valence-electron chi connectivity index (χ4n) is 4.89. The van der Waals surface area contributed by atoms with Crippen LogP contribution in [0.5, 0.6) is 5.75 Å². The van der Waals surface area contributed by atoms with E-state index in [0.717, 1.165) is 42.2 Å². The van der Waals surface area contributed by atoms with Crippen LogP contribution in [-0.4, -0.2) is 0 Å². The van der Waals surface area contributed by atoms with Crippen molar-refractivity contribution in [2.24, 2.45) is 0 Å². The lowest BCUT2D eigenvalue weighted by molar-refractivity contribution is -0.187. The van der Waals surface area contributed by atoms with Crippen LogP contribution < -0.4 is 4.74 Å². The summed E-state index contributed by atoms with van der Waals surface area (Å²) in [5.74, 6) is -4.89. The molecule has 5 aromatic carbocycles. The molecule has 0 amide bonds. The molecule has 0 aliphatic carbocycles. The summed E-state index contributed by atoms with van der Waals surface area (Å²) in [5.41, 5.74) is 3.70. The van der Waals surface area contributed by atoms with Gasteiger partial charge in [0, 0.05) is 11.6 Å². The van der Waals surface area contributed by atoms with Crippen LogP contribution in [0.1, 0.15) is 37.3 Å². The van der Waals surface area contributed by atoms with Crippen LogP contribution in [0, 0.1) is 23.3 Å². The zero-order chi connectivity index (χ0) is 30.6. The first-order valence-corrected chi connectivity index (χ1v) is 14.0. The lowest BCUT2D eigenvalue weighted by atomic mass is 9.96. The van der Waals surface area contributed by atoms with Crippen molar-refractivity contribution in [3.8, 4) is 39.1 Å². The van der Waals surface area contributed by atoms with Crippen LogP contribution >= 0.6 is 0 Å². The molecule has 220 valence electrons. The first kappa shape index (κ1) is 30.0. The van der Waals surface area contributed by atoms with Crippen molar-refractivity contribution in [1.82, 2.24) is 0 Å². The van der Waals surface area contributed by atoms with Crippen molar-refractivity contribution < 1.29 is 31.1 Å². The monoisotopic (exact) mass is 590 g/mol. The Labute approximate surface area is 246 Å². The maximum absolute atomic E-state index is 15.2. The molecule has 0 heterocycles. The number of ether oxygens (including phenoxy) is 1. The maximum Gasteiger partial charge on any atom is 0.429 e. The number of benzene rings is 5. The molecule has 7 heteroatoms. The van der Waals surface area contributed by atoms with E-state index in [2.05, 4.69) is 23.8 Å². The zero-order valence-corrected chi connectivity index (χ0v) is 23.3. The van der Waals surface area contributed by atoms with Crippen molar-refractivity contribution in [2.75, 3.05) is 0 Å². The molecule has 5 aromatic rings. The van der Waals surface area contributed by atoms with E-state index in [4.69, 9.17) is 0 Å². The van der Waals surface area contributed by atoms with Crippen molar-refractivity contribution in [3.63, 3.8) is 0 Å². The topological polar surface area (TPSA) is 9.23 Å². The third-order valence-electron chi connectivity index (χ3n) is 7.27. The average molecular weight is 591 g/mol. The molecule has 0 spiro atoms. The Morgan fingerprint density at radius 1 is 0.535 bits per heavy atom. The van der Waals surface area contributed by atoms with Gasteiger partial charge in [-0.3, -0.25) is 0 Å². The predicted octanol–water partition coefficient (Wildman–Crippen LogP) is 11.1. The highest BCUT2D eigenvalue weighted by Gasteiger charge is 2.38. The number of hydrogen-bond donors (Lipinski definition) is 0. The molecular weight excluding hydrogens is 562 g/mol. The first-order chi connectivity index (χ1) is 20.6. The van der Waals surface area contributed by atoms with Gasteiger partial charge in [-0.15, -0.1) is 0 Å². The van der Waals surface area contributed by atoms with Crippen molar-refractivity contribution in [2.45, 2.75) is 38.7 Å². The van der Waals surface area contributed by atoms with Gasteiger partial charge >= 0.3 is 6.11 Å². The highest BCUT2D eigenvalue weighted by atomic mass is 19.3. The first-order valence-electron chi connectivity index (χ1n) is 14.0. The molecule has 1 nitrogen and oxygen atoms in total. The summed E-state index contributed by atoms with van der Waals surface area (Å²) in [7, 11) is 0. The van der Waals surface area contributed by atoms with E-state index in [1.54, 1.807) is 30.3 Å². The zero-order valence-electron chi connectivity index (χ0n) is 23.3. The minimum Gasteiger partial charge on any atom is -0.429 e. The molecule has 5 rings (SSSR count). The van der Waals surface area contributed by atoms with E-state index in [-0.39, 0.29) is 0 Å². The second-order valence-corrected chi connectivity index (χ2v) is 10.3. The standard InChI is InChI=1S/C36H28F6O/c1-2-3-4-5-23-6-8-24(9-7-23)27-14-17-30(33(38)20-27)26-12-10-25(11-13-26)28-15-18-31(34(39)21-28)36(41,42)43-29-16-19-32(37)35(40)22-29/h6-22H,2-5H2,1H3. The molecule has 0 bridgehead atoms. The number of alkyl halides is 2. The summed E-state index contributed by atoms with van der Waals surface area (Å²) in [4.78, 5) is 0. The Hall–Kier alpha value is -4.52. The fraction of sp³-hybridized carbons (Fsp3) is 0.167. The summed E-state index contributed by atoms with van der Waals surface area (Å²) in [6, 6.07) is 24.8. The summed E-state index contributed by atoms with van der Waals surface area (Å²) in [6.07, 6.45) is 0.385. The Bertz CT molecular complexity index is 1710. The Balaban J connectivity index is 1.30. The molecule has 0 saturated carbocycles. The Kier molecular flexibility index (Phi) is 8.90. The van der Waals surface area contributed by atoms with Gasteiger partial charge in [0.25, 0.3) is 0 Å². The SMILES string of the molecule is CCCCCc1ccc(-c2ccc(-c3ccc(-c4ccc(C(F)(F)Oc5ccc(F)c(F)c5)c(F)c4)cc3)c(F)c2)cc1. The molecule has 0 radical (unpaired) electrons. The largest absolute Gasteiger partial charge is 0.429 e. The second-order valence-electron chi connectivity index (χ2n) is 10.3. The smallest absolute Gasteiger partial charge is 0.429 e. The van der Waals surface area contributed by atoms with Crippen LogP contribution in [0.15, 0.2) is 103 Å².